The minimum absolute atomic E-state index is 0.00512. The van der Waals surface area contributed by atoms with E-state index in [4.69, 9.17) is 4.74 Å². The van der Waals surface area contributed by atoms with Crippen LogP contribution in [-0.2, 0) is 19.4 Å². The zero-order valence-electron chi connectivity index (χ0n) is 17.9. The first-order valence-corrected chi connectivity index (χ1v) is 11.9. The summed E-state index contributed by atoms with van der Waals surface area (Å²) in [4.78, 5) is 26.9. The van der Waals surface area contributed by atoms with E-state index in [2.05, 4.69) is 5.32 Å². The molecule has 0 spiro atoms. The second-order valence-electron chi connectivity index (χ2n) is 8.55. The third-order valence-electron chi connectivity index (χ3n) is 4.93. The number of sulfone groups is 1. The average Bonchev–Trinajstić information content (AvgIpc) is 2.61. The molecule has 2 amide bonds. The quantitative estimate of drug-likeness (QED) is 0.784. The third kappa shape index (κ3) is 6.73. The van der Waals surface area contributed by atoms with Gasteiger partial charge in [0, 0.05) is 25.4 Å². The summed E-state index contributed by atoms with van der Waals surface area (Å²) in [5, 5.41) is 3.08. The molecule has 1 saturated heterocycles. The summed E-state index contributed by atoms with van der Waals surface area (Å²) in [6.07, 6.45) is 2.80. The predicted molar refractivity (Wildman–Crippen MR) is 112 cm³/mol. The molecule has 7 nitrogen and oxygen atoms in total. The molecule has 0 radical (unpaired) electrons. The number of nitrogens with zero attached hydrogens (tertiary/aromatic N) is 1. The number of piperidine rings is 1. The van der Waals surface area contributed by atoms with E-state index in [0.29, 0.717) is 32.4 Å². The van der Waals surface area contributed by atoms with Crippen molar-refractivity contribution in [1.82, 2.24) is 10.2 Å². The van der Waals surface area contributed by atoms with Crippen LogP contribution in [0.15, 0.2) is 29.2 Å². The Hall–Kier alpha value is -2.09. The Morgan fingerprint density at radius 3 is 2.17 bits per heavy atom. The number of carbonyl (C=O) groups is 2. The second kappa shape index (κ2) is 9.15. The third-order valence-corrected chi connectivity index (χ3v) is 6.06. The molecule has 1 heterocycles. The zero-order valence-corrected chi connectivity index (χ0v) is 18.7. The van der Waals surface area contributed by atoms with Crippen molar-refractivity contribution in [3.05, 3.63) is 29.8 Å². The van der Waals surface area contributed by atoms with Crippen molar-refractivity contribution in [2.24, 2.45) is 0 Å². The normalized spacial score (nSPS) is 16.9. The number of hydrogen-bond acceptors (Lipinski definition) is 5. The van der Waals surface area contributed by atoms with Gasteiger partial charge in [0.1, 0.15) is 5.60 Å². The Bertz CT molecular complexity index is 820. The molecule has 0 bridgehead atoms. The van der Waals surface area contributed by atoms with Gasteiger partial charge in [-0.25, -0.2) is 13.2 Å². The molecule has 1 fully saturated rings. The lowest BCUT2D eigenvalue weighted by Gasteiger charge is -2.34. The Morgan fingerprint density at radius 2 is 1.72 bits per heavy atom. The first-order valence-electron chi connectivity index (χ1n) is 9.99. The lowest BCUT2D eigenvalue weighted by Crippen LogP contribution is -2.48. The van der Waals surface area contributed by atoms with Gasteiger partial charge in [-0.15, -0.1) is 0 Å². The van der Waals surface area contributed by atoms with Crippen LogP contribution < -0.4 is 5.32 Å². The van der Waals surface area contributed by atoms with E-state index in [1.807, 2.05) is 27.7 Å². The molecule has 29 heavy (non-hydrogen) atoms. The van der Waals surface area contributed by atoms with Gasteiger partial charge in [-0.2, -0.15) is 0 Å². The molecule has 1 N–H and O–H groups in total. The summed E-state index contributed by atoms with van der Waals surface area (Å²) >= 11 is 0. The number of likely N-dealkylation sites (tertiary alicyclic amines) is 1. The number of amides is 2. The molecule has 0 aromatic heterocycles. The van der Waals surface area contributed by atoms with Gasteiger partial charge in [0.05, 0.1) is 10.8 Å². The Kier molecular flexibility index (Phi) is 7.32. The lowest BCUT2D eigenvalue weighted by atomic mass is 9.94. The number of nitrogens with one attached hydrogen (secondary N) is 1. The van der Waals surface area contributed by atoms with E-state index >= 15 is 0 Å². The molecule has 1 aliphatic heterocycles. The lowest BCUT2D eigenvalue weighted by molar-refractivity contribution is -0.123. The Morgan fingerprint density at radius 1 is 1.17 bits per heavy atom. The summed E-state index contributed by atoms with van der Waals surface area (Å²) in [5.74, 6) is -0.414. The zero-order chi connectivity index (χ0) is 21.8. The van der Waals surface area contributed by atoms with E-state index in [0.717, 1.165) is 11.8 Å². The number of ether oxygens (including phenoxy) is 1. The summed E-state index contributed by atoms with van der Waals surface area (Å²) < 4.78 is 28.6. The smallest absolute Gasteiger partial charge is 0.410 e. The molecule has 1 atom stereocenters. The molecule has 1 unspecified atom stereocenters. The summed E-state index contributed by atoms with van der Waals surface area (Å²) in [6, 6.07) is 6.50. The number of hydrogen-bond donors (Lipinski definition) is 1. The van der Waals surface area contributed by atoms with Gasteiger partial charge in [-0.1, -0.05) is 19.1 Å². The molecular formula is C21H32N2O5S. The highest BCUT2D eigenvalue weighted by Crippen LogP contribution is 2.23. The van der Waals surface area contributed by atoms with Crippen molar-refractivity contribution >= 4 is 21.8 Å². The van der Waals surface area contributed by atoms with E-state index in [1.54, 1.807) is 29.2 Å². The van der Waals surface area contributed by atoms with E-state index < -0.39 is 15.4 Å². The van der Waals surface area contributed by atoms with Crippen LogP contribution >= 0.6 is 0 Å². The first-order chi connectivity index (χ1) is 13.4. The monoisotopic (exact) mass is 424 g/mol. The fraction of sp³-hybridized carbons (Fsp3) is 0.619. The first kappa shape index (κ1) is 23.2. The van der Waals surface area contributed by atoms with Gasteiger partial charge >= 0.3 is 6.09 Å². The Labute approximate surface area is 173 Å². The van der Waals surface area contributed by atoms with E-state index in [1.165, 1.54) is 0 Å². The van der Waals surface area contributed by atoms with Crippen LogP contribution in [0.5, 0.6) is 0 Å². The van der Waals surface area contributed by atoms with E-state index in [-0.39, 0.29) is 28.9 Å². The van der Waals surface area contributed by atoms with Crippen molar-refractivity contribution in [2.45, 2.75) is 69.4 Å². The molecule has 8 heteroatoms. The molecule has 0 saturated carbocycles. The van der Waals surface area contributed by atoms with Crippen LogP contribution in [0, 0.1) is 0 Å². The largest absolute Gasteiger partial charge is 0.444 e. The summed E-state index contributed by atoms with van der Waals surface area (Å²) in [6.45, 7) is 8.53. The topological polar surface area (TPSA) is 92.8 Å². The van der Waals surface area contributed by atoms with Gasteiger partial charge in [-0.3, -0.25) is 4.79 Å². The van der Waals surface area contributed by atoms with Crippen LogP contribution in [0.3, 0.4) is 0 Å². The number of carbonyl (C=O) groups excluding carboxylic acids is 2. The summed E-state index contributed by atoms with van der Waals surface area (Å²) in [7, 11) is -3.26. The SMILES string of the molecule is CCC(C(=O)NC1CCN(C(=O)OC(C)(C)C)CC1)c1ccc(S(C)(=O)=O)cc1. The van der Waals surface area contributed by atoms with Crippen LogP contribution in [0.4, 0.5) is 4.79 Å². The molecular weight excluding hydrogens is 392 g/mol. The second-order valence-corrected chi connectivity index (χ2v) is 10.6. The van der Waals surface area contributed by atoms with Crippen molar-refractivity contribution < 1.29 is 22.7 Å². The average molecular weight is 425 g/mol. The molecule has 1 aliphatic rings. The van der Waals surface area contributed by atoms with Crippen LogP contribution in [0.25, 0.3) is 0 Å². The highest BCUT2D eigenvalue weighted by atomic mass is 32.2. The van der Waals surface area contributed by atoms with E-state index in [9.17, 15) is 18.0 Å². The van der Waals surface area contributed by atoms with Crippen molar-refractivity contribution in [1.29, 1.82) is 0 Å². The van der Waals surface area contributed by atoms with Crippen molar-refractivity contribution in [3.63, 3.8) is 0 Å². The Balaban J connectivity index is 1.93. The van der Waals surface area contributed by atoms with Gasteiger partial charge < -0.3 is 15.0 Å². The molecule has 1 aromatic rings. The van der Waals surface area contributed by atoms with Gasteiger partial charge in [0.15, 0.2) is 9.84 Å². The molecule has 1 aromatic carbocycles. The maximum absolute atomic E-state index is 12.8. The standard InChI is InChI=1S/C21H32N2O5S/c1-6-18(15-7-9-17(10-8-15)29(5,26)27)19(24)22-16-11-13-23(14-12-16)20(25)28-21(2,3)4/h7-10,16,18H,6,11-14H2,1-5H3,(H,22,24). The molecule has 0 aliphatic carbocycles. The van der Waals surface area contributed by atoms with Crippen molar-refractivity contribution in [3.8, 4) is 0 Å². The number of rotatable bonds is 5. The highest BCUT2D eigenvalue weighted by molar-refractivity contribution is 7.90. The van der Waals surface area contributed by atoms with Gasteiger partial charge in [0.2, 0.25) is 5.91 Å². The van der Waals surface area contributed by atoms with Crippen LogP contribution in [0.2, 0.25) is 0 Å². The van der Waals surface area contributed by atoms with Crippen molar-refractivity contribution in [2.75, 3.05) is 19.3 Å². The minimum Gasteiger partial charge on any atom is -0.444 e. The minimum atomic E-state index is -3.26. The van der Waals surface area contributed by atoms with Gasteiger partial charge in [-0.05, 0) is 57.7 Å². The fourth-order valence-corrected chi connectivity index (χ4v) is 3.98. The highest BCUT2D eigenvalue weighted by Gasteiger charge is 2.29. The maximum atomic E-state index is 12.8. The van der Waals surface area contributed by atoms with Crippen LogP contribution in [0.1, 0.15) is 58.4 Å². The fourth-order valence-electron chi connectivity index (χ4n) is 3.35. The predicted octanol–water partition coefficient (Wildman–Crippen LogP) is 3.10. The molecule has 162 valence electrons. The molecule has 2 rings (SSSR count). The number of benzene rings is 1. The maximum Gasteiger partial charge on any atom is 0.410 e. The van der Waals surface area contributed by atoms with Gasteiger partial charge in [0.25, 0.3) is 0 Å². The summed E-state index contributed by atoms with van der Waals surface area (Å²) in [5.41, 5.74) is 0.270. The van der Waals surface area contributed by atoms with Crippen LogP contribution in [-0.4, -0.2) is 56.3 Å².